The molecule has 2 saturated heterocycles. The van der Waals surface area contributed by atoms with E-state index in [2.05, 4.69) is 56.2 Å². The van der Waals surface area contributed by atoms with Gasteiger partial charge in [0.2, 0.25) is 23.4 Å². The first-order valence-corrected chi connectivity index (χ1v) is 25.6. The number of benzene rings is 2. The lowest BCUT2D eigenvalue weighted by atomic mass is 10.1. The van der Waals surface area contributed by atoms with E-state index in [0.717, 1.165) is 67.0 Å². The molecule has 6 aromatic heterocycles. The maximum Gasteiger partial charge on any atom is 0.350 e. The molecule has 0 unspecified atom stereocenters. The fourth-order valence-electron chi connectivity index (χ4n) is 7.99. The third kappa shape index (κ3) is 12.0. The van der Waals surface area contributed by atoms with Crippen LogP contribution in [0.5, 0.6) is 0 Å². The molecule has 0 atom stereocenters. The van der Waals surface area contributed by atoms with Crippen LogP contribution in [0.2, 0.25) is 0 Å². The number of fused-ring (bicyclic) bond motifs is 2. The van der Waals surface area contributed by atoms with E-state index in [0.29, 0.717) is 81.0 Å². The lowest BCUT2D eigenvalue weighted by Gasteiger charge is -2.41. The molecule has 390 valence electrons. The molecule has 8 heterocycles. The molecule has 75 heavy (non-hydrogen) atoms. The second-order valence-electron chi connectivity index (χ2n) is 20.1. The average Bonchev–Trinajstić information content (AvgIpc) is 4.14. The molecule has 24 heteroatoms. The number of amides is 4. The number of aromatic nitrogens is 8. The van der Waals surface area contributed by atoms with Crippen LogP contribution in [0.15, 0.2) is 70.0 Å². The van der Waals surface area contributed by atoms with Crippen molar-refractivity contribution in [2.24, 2.45) is 0 Å². The van der Waals surface area contributed by atoms with Gasteiger partial charge in [-0.2, -0.15) is 9.97 Å². The molecule has 22 nitrogen and oxygen atoms in total. The van der Waals surface area contributed by atoms with E-state index in [1.54, 1.807) is 77.7 Å². The number of thiazole rings is 2. The Morgan fingerprint density at radius 3 is 1.57 bits per heavy atom. The van der Waals surface area contributed by atoms with Crippen molar-refractivity contribution < 1.29 is 37.7 Å². The van der Waals surface area contributed by atoms with Crippen LogP contribution < -0.4 is 20.9 Å². The molecular weight excluding hydrogens is 1000 g/mol. The number of anilines is 4. The largest absolute Gasteiger partial charge is 0.456 e. The third-order valence-corrected chi connectivity index (χ3v) is 13.9. The maximum absolute atomic E-state index is 13.1. The third-order valence-electron chi connectivity index (χ3n) is 11.6. The maximum atomic E-state index is 13.1. The van der Waals surface area contributed by atoms with Crippen LogP contribution in [0.3, 0.4) is 0 Å². The van der Waals surface area contributed by atoms with Crippen molar-refractivity contribution in [2.45, 2.75) is 92.5 Å². The van der Waals surface area contributed by atoms with Crippen LogP contribution >= 0.6 is 22.7 Å². The summed E-state index contributed by atoms with van der Waals surface area (Å²) in [5, 5.41) is 22.4. The van der Waals surface area contributed by atoms with Crippen LogP contribution in [0.25, 0.3) is 44.3 Å². The summed E-state index contributed by atoms with van der Waals surface area (Å²) in [7, 11) is 1.66. The Hall–Kier alpha value is -8.12. The number of nitrogens with zero attached hydrogens (tertiary/aromatic N) is 11. The molecule has 2 aliphatic rings. The smallest absolute Gasteiger partial charge is 0.350 e. The van der Waals surface area contributed by atoms with E-state index < -0.39 is 23.1 Å². The summed E-state index contributed by atoms with van der Waals surface area (Å²) >= 11 is 2.26. The Balaban J connectivity index is 0.000000184. The number of esters is 2. The number of hydrogen-bond acceptors (Lipinski definition) is 20. The average molecular weight is 1060 g/mol. The van der Waals surface area contributed by atoms with Gasteiger partial charge in [-0.15, -0.1) is 0 Å². The van der Waals surface area contributed by atoms with E-state index in [4.69, 9.17) is 18.5 Å². The number of nitrogens with one attached hydrogen (secondary N) is 3. The molecule has 4 amide bonds. The Labute approximate surface area is 439 Å². The standard InChI is InChI=1S/C26H29N7O4S.C25H27N7O4S/c1-14-20(23(34)36-26(3,4)5)38-24(28-14)32(6)25(35)33-12-18(13-33)30-22-19-11-17(21-29-15(2)37-31-21)8-7-16(19)9-10-27-22;1-13-19(22(33)35-25(3,4)5)37-23(27-13)30-24(34)32-11-17(12-32)29-21-18-10-16(20-28-14(2)36-31-20)7-6-15(18)8-9-26-21/h7-11,18H,12-13H2,1-6H3,(H,27,30);6-10,17H,11-12H2,1-5H3,(H,26,29)(H,27,30,34). The number of rotatable bonds is 10. The predicted molar refractivity (Wildman–Crippen MR) is 284 cm³/mol. The molecule has 10 rings (SSSR count). The number of pyridine rings is 2. The van der Waals surface area contributed by atoms with Gasteiger partial charge >= 0.3 is 24.0 Å². The molecule has 0 aliphatic carbocycles. The van der Waals surface area contributed by atoms with Crippen molar-refractivity contribution in [3.63, 3.8) is 0 Å². The summed E-state index contributed by atoms with van der Waals surface area (Å²) in [6.45, 7) is 19.8. The predicted octanol–water partition coefficient (Wildman–Crippen LogP) is 9.31. The number of hydrogen-bond donors (Lipinski definition) is 3. The highest BCUT2D eigenvalue weighted by Gasteiger charge is 2.36. The van der Waals surface area contributed by atoms with E-state index in [-0.39, 0.29) is 24.1 Å². The molecule has 0 radical (unpaired) electrons. The van der Waals surface area contributed by atoms with E-state index >= 15 is 0 Å². The summed E-state index contributed by atoms with van der Waals surface area (Å²) in [5.41, 5.74) is 1.51. The highest BCUT2D eigenvalue weighted by Crippen LogP contribution is 2.33. The number of carbonyl (C=O) groups is 4. The minimum Gasteiger partial charge on any atom is -0.456 e. The summed E-state index contributed by atoms with van der Waals surface area (Å²) in [6.07, 6.45) is 3.50. The van der Waals surface area contributed by atoms with Crippen molar-refractivity contribution in [1.29, 1.82) is 0 Å². The number of likely N-dealkylation sites (tertiary alicyclic amines) is 2. The van der Waals surface area contributed by atoms with Crippen molar-refractivity contribution in [2.75, 3.05) is 54.1 Å². The van der Waals surface area contributed by atoms with E-state index in [1.807, 2.05) is 69.3 Å². The number of aryl methyl sites for hydroxylation is 4. The van der Waals surface area contributed by atoms with Crippen molar-refractivity contribution in [3.8, 4) is 22.8 Å². The number of ether oxygens (including phenoxy) is 2. The first-order chi connectivity index (χ1) is 35.5. The van der Waals surface area contributed by atoms with Crippen LogP contribution in [0.1, 0.15) is 84.1 Å². The molecule has 0 bridgehead atoms. The second kappa shape index (κ2) is 20.7. The first-order valence-electron chi connectivity index (χ1n) is 24.0. The highest BCUT2D eigenvalue weighted by molar-refractivity contribution is 7.18. The normalized spacial score (nSPS) is 13.9. The van der Waals surface area contributed by atoms with Gasteiger partial charge in [-0.05, 0) is 90.4 Å². The van der Waals surface area contributed by atoms with Gasteiger partial charge in [-0.3, -0.25) is 10.2 Å². The zero-order chi connectivity index (χ0) is 53.5. The van der Waals surface area contributed by atoms with Gasteiger partial charge in [-0.25, -0.2) is 39.1 Å². The molecule has 2 aliphatic heterocycles. The van der Waals surface area contributed by atoms with Crippen LogP contribution in [0, 0.1) is 27.7 Å². The fourth-order valence-corrected chi connectivity index (χ4v) is 9.73. The van der Waals surface area contributed by atoms with Gasteiger partial charge in [0.1, 0.15) is 32.6 Å². The Morgan fingerprint density at radius 2 is 1.11 bits per heavy atom. The monoisotopic (exact) mass is 1060 g/mol. The van der Waals surface area contributed by atoms with Gasteiger partial charge in [0.15, 0.2) is 10.3 Å². The summed E-state index contributed by atoms with van der Waals surface area (Å²) < 4.78 is 21.1. The van der Waals surface area contributed by atoms with Crippen molar-refractivity contribution in [1.82, 2.24) is 50.0 Å². The van der Waals surface area contributed by atoms with Gasteiger partial charge in [0.25, 0.3) is 0 Å². The van der Waals surface area contributed by atoms with Gasteiger partial charge in [0, 0.05) is 81.4 Å². The lowest BCUT2D eigenvalue weighted by Crippen LogP contribution is -2.60. The quantitative estimate of drug-likeness (QED) is 0.108. The van der Waals surface area contributed by atoms with Crippen molar-refractivity contribution in [3.05, 3.63) is 93.8 Å². The Morgan fingerprint density at radius 1 is 0.640 bits per heavy atom. The van der Waals surface area contributed by atoms with Gasteiger partial charge in [-0.1, -0.05) is 57.3 Å². The topological polar surface area (TPSA) is 262 Å². The lowest BCUT2D eigenvalue weighted by molar-refractivity contribution is 0.00613. The first kappa shape index (κ1) is 51.8. The highest BCUT2D eigenvalue weighted by atomic mass is 32.1. The molecule has 0 saturated carbocycles. The zero-order valence-corrected chi connectivity index (χ0v) is 44.9. The minimum absolute atomic E-state index is 0.0373. The summed E-state index contributed by atoms with van der Waals surface area (Å²) in [5.74, 6) is 2.62. The number of urea groups is 2. The molecule has 0 spiro atoms. The SMILES string of the molecule is Cc1nc(-c2ccc3ccnc(NC4CN(C(=O)N(C)c5nc(C)c(C(=O)OC(C)(C)C)s5)C4)c3c2)no1.Cc1nc(-c2ccc3ccnc(NC4CN(C(=O)Nc5nc(C)c(C(=O)OC(C)(C)C)s5)C4)c3c2)no1. The van der Waals surface area contributed by atoms with Gasteiger partial charge < -0.3 is 39.0 Å². The minimum atomic E-state index is -0.610. The number of carbonyl (C=O) groups excluding carboxylic acids is 4. The van der Waals surface area contributed by atoms with Crippen LogP contribution in [-0.2, 0) is 9.47 Å². The zero-order valence-electron chi connectivity index (χ0n) is 43.3. The summed E-state index contributed by atoms with van der Waals surface area (Å²) in [4.78, 5) is 82.8. The van der Waals surface area contributed by atoms with Crippen LogP contribution in [-0.4, -0.2) is 131 Å². The second-order valence-corrected chi connectivity index (χ2v) is 22.1. The molecule has 8 aromatic rings. The fraction of sp³-hybridized carbons (Fsp3) is 0.373. The van der Waals surface area contributed by atoms with Crippen molar-refractivity contribution >= 4 is 90.1 Å². The van der Waals surface area contributed by atoms with Crippen LogP contribution in [0.4, 0.5) is 31.5 Å². The van der Waals surface area contributed by atoms with Gasteiger partial charge in [0.05, 0.1) is 23.5 Å². The van der Waals surface area contributed by atoms with E-state index in [9.17, 15) is 19.2 Å². The Bertz CT molecular complexity index is 3450. The molecular formula is C51H56N14O8S2. The Kier molecular flexibility index (Phi) is 14.3. The van der Waals surface area contributed by atoms with E-state index in [1.165, 1.54) is 4.90 Å². The molecule has 2 aromatic carbocycles. The molecule has 3 N–H and O–H groups in total. The molecule has 2 fully saturated rings. The summed E-state index contributed by atoms with van der Waals surface area (Å²) in [6, 6.07) is 15.3.